The van der Waals surface area contributed by atoms with Crippen molar-refractivity contribution in [1.82, 2.24) is 29.6 Å². The highest BCUT2D eigenvalue weighted by molar-refractivity contribution is 6.03. The van der Waals surface area contributed by atoms with Gasteiger partial charge in [-0.3, -0.25) is 24.6 Å². The van der Waals surface area contributed by atoms with E-state index in [0.29, 0.717) is 44.4 Å². The van der Waals surface area contributed by atoms with Gasteiger partial charge in [0.25, 0.3) is 0 Å². The summed E-state index contributed by atoms with van der Waals surface area (Å²) in [7, 11) is 1.78. The van der Waals surface area contributed by atoms with Crippen molar-refractivity contribution in [1.29, 1.82) is 5.41 Å². The quantitative estimate of drug-likeness (QED) is 0.132. The Morgan fingerprint density at radius 2 is 1.80 bits per heavy atom. The van der Waals surface area contributed by atoms with Gasteiger partial charge in [0.15, 0.2) is 11.8 Å². The number of benzene rings is 3. The molecule has 3 aliphatic heterocycles. The number of nitrogens with one attached hydrogen (secondary N) is 2. The Balaban J connectivity index is 1.04. The molecule has 0 bridgehead atoms. The van der Waals surface area contributed by atoms with Gasteiger partial charge < -0.3 is 30.3 Å². The van der Waals surface area contributed by atoms with Crippen LogP contribution in [-0.2, 0) is 27.9 Å². The van der Waals surface area contributed by atoms with E-state index in [1.54, 1.807) is 21.4 Å². The zero-order chi connectivity index (χ0) is 34.9. The molecule has 12 heteroatoms. The summed E-state index contributed by atoms with van der Waals surface area (Å²) in [4.78, 5) is 64.9. The van der Waals surface area contributed by atoms with Gasteiger partial charge in [-0.2, -0.15) is 0 Å². The molecule has 12 nitrogen and oxygen atoms in total. The van der Waals surface area contributed by atoms with Crippen molar-refractivity contribution in [2.45, 2.75) is 63.1 Å². The number of imidazole rings is 1. The van der Waals surface area contributed by atoms with E-state index in [2.05, 4.69) is 34.6 Å². The summed E-state index contributed by atoms with van der Waals surface area (Å²) in [6.07, 6.45) is 4.22. The molecule has 0 radical (unpaired) electrons. The first-order valence-electron chi connectivity index (χ1n) is 17.6. The van der Waals surface area contributed by atoms with E-state index in [9.17, 15) is 19.2 Å². The number of piperazine rings is 1. The first-order valence-corrected chi connectivity index (χ1v) is 17.6. The Labute approximate surface area is 291 Å². The number of Topliss-reactive ketones (excluding diaryl/α,β-unsaturated/α-hetero) is 1. The van der Waals surface area contributed by atoms with Crippen molar-refractivity contribution in [3.63, 3.8) is 0 Å². The smallest absolute Gasteiger partial charge is 0.245 e. The Hall–Kier alpha value is -5.26. The molecule has 3 saturated heterocycles. The molecule has 7 rings (SSSR count). The number of likely N-dealkylation sites (tertiary alicyclic amines) is 1. The Morgan fingerprint density at radius 3 is 2.62 bits per heavy atom. The first kappa shape index (κ1) is 33.2. The predicted octanol–water partition coefficient (Wildman–Crippen LogP) is 3.22. The average molecular weight is 677 g/mol. The van der Waals surface area contributed by atoms with Crippen LogP contribution in [0.2, 0.25) is 0 Å². The minimum absolute atomic E-state index is 0.00791. The highest BCUT2D eigenvalue weighted by atomic mass is 16.2. The highest BCUT2D eigenvalue weighted by Gasteiger charge is 2.49. The van der Waals surface area contributed by atoms with E-state index >= 15 is 0 Å². The number of amides is 3. The fourth-order valence-electron chi connectivity index (χ4n) is 8.18. The third kappa shape index (κ3) is 6.41. The number of aryl methyl sites for hydroxylation is 2. The maximum atomic E-state index is 14.2. The van der Waals surface area contributed by atoms with Crippen molar-refractivity contribution in [2.24, 2.45) is 18.7 Å². The minimum atomic E-state index is -0.907. The van der Waals surface area contributed by atoms with Gasteiger partial charge in [-0.1, -0.05) is 54.6 Å². The van der Waals surface area contributed by atoms with Gasteiger partial charge >= 0.3 is 0 Å². The number of piperidine rings is 1. The lowest BCUT2D eigenvalue weighted by molar-refractivity contribution is -0.157. The molecule has 4 N–H and O–H groups in total. The molecule has 0 spiro atoms. The lowest BCUT2D eigenvalue weighted by atomic mass is 9.89. The lowest BCUT2D eigenvalue weighted by Crippen LogP contribution is -2.62. The molecule has 3 aromatic carbocycles. The molecule has 50 heavy (non-hydrogen) atoms. The maximum Gasteiger partial charge on any atom is 0.245 e. The van der Waals surface area contributed by atoms with Crippen LogP contribution in [0.4, 0.5) is 0 Å². The number of fused-ring (bicyclic) bond motifs is 3. The Morgan fingerprint density at radius 1 is 1.02 bits per heavy atom. The maximum absolute atomic E-state index is 14.2. The minimum Gasteiger partial charge on any atom is -0.370 e. The summed E-state index contributed by atoms with van der Waals surface area (Å²) in [6.45, 7) is 1.58. The predicted molar refractivity (Wildman–Crippen MR) is 190 cm³/mol. The van der Waals surface area contributed by atoms with Crippen LogP contribution in [0.1, 0.15) is 54.7 Å². The fraction of sp³-hybridized carbons (Fsp3) is 0.421. The van der Waals surface area contributed by atoms with E-state index in [1.165, 1.54) is 21.2 Å². The van der Waals surface area contributed by atoms with Crippen molar-refractivity contribution in [2.75, 3.05) is 26.2 Å². The number of hydrogen-bond acceptors (Lipinski definition) is 6. The molecule has 3 fully saturated rings. The molecule has 1 aromatic heterocycles. The van der Waals surface area contributed by atoms with Gasteiger partial charge in [-0.05, 0) is 79.3 Å². The second kappa shape index (κ2) is 13.9. The summed E-state index contributed by atoms with van der Waals surface area (Å²) in [5, 5.41) is 13.3. The number of ketones is 1. The third-order valence-electron chi connectivity index (χ3n) is 10.7. The highest BCUT2D eigenvalue weighted by Crippen LogP contribution is 2.31. The van der Waals surface area contributed by atoms with Crippen molar-refractivity contribution in [3.8, 4) is 0 Å². The summed E-state index contributed by atoms with van der Waals surface area (Å²) in [5.41, 5.74) is 8.50. The molecule has 4 heterocycles. The zero-order valence-corrected chi connectivity index (χ0v) is 28.4. The van der Waals surface area contributed by atoms with E-state index in [0.717, 1.165) is 31.2 Å². The number of guanidine groups is 1. The number of nitrogens with two attached hydrogens (primary N) is 1. The van der Waals surface area contributed by atoms with Crippen molar-refractivity contribution < 1.29 is 19.2 Å². The second-order valence-electron chi connectivity index (χ2n) is 13.9. The fourth-order valence-corrected chi connectivity index (χ4v) is 8.18. The van der Waals surface area contributed by atoms with E-state index < -0.39 is 24.0 Å². The topological polar surface area (TPSA) is 158 Å². The van der Waals surface area contributed by atoms with Crippen LogP contribution in [0.5, 0.6) is 0 Å². The van der Waals surface area contributed by atoms with E-state index in [1.807, 2.05) is 42.5 Å². The summed E-state index contributed by atoms with van der Waals surface area (Å²) >= 11 is 0. The summed E-state index contributed by atoms with van der Waals surface area (Å²) < 4.78 is 1.74. The van der Waals surface area contributed by atoms with Crippen LogP contribution in [0, 0.1) is 11.3 Å². The Kier molecular flexibility index (Phi) is 9.26. The molecule has 4 atom stereocenters. The SMILES string of the molecule is Cn1c(C(=O)[C@H](CC2CCCN(C(=N)N)C2)NC(=O)[C@@H]2CC[C@H]3C(=O)N(CCCc4cccc5ccccc45)CC(=O)N23)nc2ccccc21. The van der Waals surface area contributed by atoms with Crippen LogP contribution in [-0.4, -0.2) is 98.0 Å². The number of carbonyl (C=O) groups is 4. The molecule has 4 aromatic rings. The van der Waals surface area contributed by atoms with Gasteiger partial charge in [-0.15, -0.1) is 0 Å². The molecular weight excluding hydrogens is 632 g/mol. The van der Waals surface area contributed by atoms with Crippen LogP contribution in [0.15, 0.2) is 66.7 Å². The zero-order valence-electron chi connectivity index (χ0n) is 28.4. The van der Waals surface area contributed by atoms with Crippen molar-refractivity contribution in [3.05, 3.63) is 78.1 Å². The standard InChI is InChI=1S/C38H44N8O4/c1-43-30-16-5-4-15-28(30)41-35(43)34(48)29(21-24-9-7-20-45(22-24)38(39)40)42-36(49)31-17-18-32-37(50)44(23-33(47)46(31)32)19-8-13-26-12-6-11-25-10-2-3-14-27(25)26/h2-6,10-12,14-16,24,29,31-32H,7-9,13,17-23H2,1H3,(H3,39,40)(H,42,49)/t24?,29-,31-,32-/m0/s1. The van der Waals surface area contributed by atoms with E-state index in [4.69, 9.17) is 11.1 Å². The number of rotatable bonds is 10. The van der Waals surface area contributed by atoms with Gasteiger partial charge in [0.1, 0.15) is 12.1 Å². The average Bonchev–Trinajstić information content (AvgIpc) is 3.72. The molecule has 0 aliphatic carbocycles. The molecule has 0 saturated carbocycles. The summed E-state index contributed by atoms with van der Waals surface area (Å²) in [6, 6.07) is 19.5. The van der Waals surface area contributed by atoms with Crippen LogP contribution < -0.4 is 11.1 Å². The van der Waals surface area contributed by atoms with Crippen LogP contribution >= 0.6 is 0 Å². The molecular formula is C38H44N8O4. The number of aromatic nitrogens is 2. The Bertz CT molecular complexity index is 1970. The normalized spacial score (nSPS) is 21.5. The van der Waals surface area contributed by atoms with Gasteiger partial charge in [0, 0.05) is 26.7 Å². The monoisotopic (exact) mass is 676 g/mol. The van der Waals surface area contributed by atoms with E-state index in [-0.39, 0.29) is 41.8 Å². The van der Waals surface area contributed by atoms with Crippen LogP contribution in [0.3, 0.4) is 0 Å². The van der Waals surface area contributed by atoms with Crippen LogP contribution in [0.25, 0.3) is 21.8 Å². The number of para-hydroxylation sites is 2. The third-order valence-corrected chi connectivity index (χ3v) is 10.7. The number of hydrogen-bond donors (Lipinski definition) is 3. The largest absolute Gasteiger partial charge is 0.370 e. The number of nitrogens with zero attached hydrogens (tertiary/aromatic N) is 5. The summed E-state index contributed by atoms with van der Waals surface area (Å²) in [5.74, 6) is -0.891. The van der Waals surface area contributed by atoms with Gasteiger partial charge in [0.2, 0.25) is 23.5 Å². The first-order chi connectivity index (χ1) is 24.2. The lowest BCUT2D eigenvalue weighted by Gasteiger charge is -2.39. The molecule has 3 aliphatic rings. The molecule has 1 unspecified atom stereocenters. The van der Waals surface area contributed by atoms with Gasteiger partial charge in [0.05, 0.1) is 23.6 Å². The second-order valence-corrected chi connectivity index (χ2v) is 13.9. The molecule has 3 amide bonds. The van der Waals surface area contributed by atoms with Gasteiger partial charge in [-0.25, -0.2) is 4.98 Å². The number of carbonyl (C=O) groups excluding carboxylic acids is 4. The van der Waals surface area contributed by atoms with Crippen molar-refractivity contribution >= 4 is 51.3 Å². The molecule has 260 valence electrons.